The molecule has 0 atom stereocenters. The fraction of sp³-hybridized carbons (Fsp3) is 0.667. The minimum absolute atomic E-state index is 0.00973. The SMILES string of the molecule is CCCc1ccc(=O)n(CCC(C)C)n1. The Hall–Kier alpha value is -1.12. The summed E-state index contributed by atoms with van der Waals surface area (Å²) in [6, 6.07) is 3.45. The van der Waals surface area contributed by atoms with E-state index in [0.717, 1.165) is 31.5 Å². The smallest absolute Gasteiger partial charge is 0.266 e. The van der Waals surface area contributed by atoms with Gasteiger partial charge in [0, 0.05) is 12.6 Å². The summed E-state index contributed by atoms with van der Waals surface area (Å²) >= 11 is 0. The largest absolute Gasteiger partial charge is 0.268 e. The molecule has 0 aliphatic rings. The van der Waals surface area contributed by atoms with Crippen LogP contribution in [0.3, 0.4) is 0 Å². The van der Waals surface area contributed by atoms with E-state index in [4.69, 9.17) is 0 Å². The predicted octanol–water partition coefficient (Wildman–Crippen LogP) is 2.24. The number of aromatic nitrogens is 2. The zero-order valence-corrected chi connectivity index (χ0v) is 9.86. The van der Waals surface area contributed by atoms with Crippen LogP contribution in [-0.2, 0) is 13.0 Å². The summed E-state index contributed by atoms with van der Waals surface area (Å²) in [5.74, 6) is 0.605. The van der Waals surface area contributed by atoms with E-state index in [1.54, 1.807) is 10.7 Å². The van der Waals surface area contributed by atoms with Gasteiger partial charge in [0.15, 0.2) is 0 Å². The molecule has 0 amide bonds. The molecule has 84 valence electrons. The molecule has 0 aliphatic carbocycles. The van der Waals surface area contributed by atoms with E-state index < -0.39 is 0 Å². The zero-order valence-electron chi connectivity index (χ0n) is 9.86. The number of hydrogen-bond acceptors (Lipinski definition) is 2. The number of aryl methyl sites for hydroxylation is 2. The van der Waals surface area contributed by atoms with Crippen molar-refractivity contribution in [3.8, 4) is 0 Å². The lowest BCUT2D eigenvalue weighted by atomic mass is 10.1. The van der Waals surface area contributed by atoms with Gasteiger partial charge in [-0.15, -0.1) is 0 Å². The Labute approximate surface area is 91.1 Å². The van der Waals surface area contributed by atoms with Gasteiger partial charge in [0.05, 0.1) is 5.69 Å². The summed E-state index contributed by atoms with van der Waals surface area (Å²) in [5.41, 5.74) is 1.02. The molecular weight excluding hydrogens is 188 g/mol. The maximum Gasteiger partial charge on any atom is 0.266 e. The molecule has 0 N–H and O–H groups in total. The first-order chi connectivity index (χ1) is 7.13. The quantitative estimate of drug-likeness (QED) is 0.743. The highest BCUT2D eigenvalue weighted by Crippen LogP contribution is 2.01. The third-order valence-electron chi connectivity index (χ3n) is 2.35. The average molecular weight is 208 g/mol. The van der Waals surface area contributed by atoms with Crippen molar-refractivity contribution in [2.75, 3.05) is 0 Å². The molecule has 1 aromatic rings. The van der Waals surface area contributed by atoms with Crippen LogP contribution in [0.2, 0.25) is 0 Å². The molecule has 0 spiro atoms. The van der Waals surface area contributed by atoms with Crippen molar-refractivity contribution in [2.45, 2.75) is 46.6 Å². The summed E-state index contributed by atoms with van der Waals surface area (Å²) in [6.45, 7) is 7.15. The highest BCUT2D eigenvalue weighted by atomic mass is 16.1. The minimum Gasteiger partial charge on any atom is -0.268 e. The van der Waals surface area contributed by atoms with Crippen LogP contribution < -0.4 is 5.56 Å². The van der Waals surface area contributed by atoms with Gasteiger partial charge in [0.2, 0.25) is 0 Å². The summed E-state index contributed by atoms with van der Waals surface area (Å²) < 4.78 is 1.59. The van der Waals surface area contributed by atoms with Gasteiger partial charge >= 0.3 is 0 Å². The Morgan fingerprint density at radius 1 is 1.40 bits per heavy atom. The second-order valence-electron chi connectivity index (χ2n) is 4.32. The summed E-state index contributed by atoms with van der Waals surface area (Å²) in [4.78, 5) is 11.5. The molecule has 0 unspecified atom stereocenters. The molecule has 0 bridgehead atoms. The van der Waals surface area contributed by atoms with Gasteiger partial charge < -0.3 is 0 Å². The van der Waals surface area contributed by atoms with Crippen molar-refractivity contribution in [1.82, 2.24) is 9.78 Å². The van der Waals surface area contributed by atoms with Crippen molar-refractivity contribution in [2.24, 2.45) is 5.92 Å². The molecule has 0 radical (unpaired) electrons. The number of rotatable bonds is 5. The molecule has 1 rings (SSSR count). The second-order valence-corrected chi connectivity index (χ2v) is 4.32. The zero-order chi connectivity index (χ0) is 11.3. The molecule has 0 fully saturated rings. The fourth-order valence-electron chi connectivity index (χ4n) is 1.42. The molecule has 0 saturated heterocycles. The van der Waals surface area contributed by atoms with Crippen LogP contribution in [0.15, 0.2) is 16.9 Å². The third-order valence-corrected chi connectivity index (χ3v) is 2.35. The summed E-state index contributed by atoms with van der Waals surface area (Å²) in [6.07, 6.45) is 3.01. The van der Waals surface area contributed by atoms with E-state index in [9.17, 15) is 4.79 Å². The van der Waals surface area contributed by atoms with E-state index in [-0.39, 0.29) is 5.56 Å². The fourth-order valence-corrected chi connectivity index (χ4v) is 1.42. The molecule has 1 aromatic heterocycles. The monoisotopic (exact) mass is 208 g/mol. The van der Waals surface area contributed by atoms with Crippen LogP contribution in [0.5, 0.6) is 0 Å². The van der Waals surface area contributed by atoms with Crippen molar-refractivity contribution < 1.29 is 0 Å². The number of hydrogen-bond donors (Lipinski definition) is 0. The Kier molecular flexibility index (Phi) is 4.53. The van der Waals surface area contributed by atoms with Crippen LogP contribution in [0.25, 0.3) is 0 Å². The third kappa shape index (κ3) is 3.86. The maximum atomic E-state index is 11.5. The van der Waals surface area contributed by atoms with Crippen molar-refractivity contribution >= 4 is 0 Å². The molecular formula is C12H20N2O. The lowest BCUT2D eigenvalue weighted by molar-refractivity contribution is 0.466. The molecule has 1 heterocycles. The van der Waals surface area contributed by atoms with E-state index in [0.29, 0.717) is 5.92 Å². The molecule has 0 aromatic carbocycles. The molecule has 3 heteroatoms. The van der Waals surface area contributed by atoms with Crippen LogP contribution in [0, 0.1) is 5.92 Å². The molecule has 3 nitrogen and oxygen atoms in total. The van der Waals surface area contributed by atoms with Gasteiger partial charge in [-0.25, -0.2) is 4.68 Å². The summed E-state index contributed by atoms with van der Waals surface area (Å²) in [7, 11) is 0. The first-order valence-corrected chi connectivity index (χ1v) is 5.70. The van der Waals surface area contributed by atoms with E-state index >= 15 is 0 Å². The topological polar surface area (TPSA) is 34.9 Å². The van der Waals surface area contributed by atoms with Crippen molar-refractivity contribution in [3.63, 3.8) is 0 Å². The van der Waals surface area contributed by atoms with Crippen LogP contribution in [-0.4, -0.2) is 9.78 Å². The predicted molar refractivity (Wildman–Crippen MR) is 61.9 cm³/mol. The summed E-state index contributed by atoms with van der Waals surface area (Å²) in [5, 5.41) is 4.34. The highest BCUT2D eigenvalue weighted by molar-refractivity contribution is 5.00. The van der Waals surface area contributed by atoms with Gasteiger partial charge in [-0.1, -0.05) is 27.2 Å². The minimum atomic E-state index is 0.00973. The lowest BCUT2D eigenvalue weighted by Gasteiger charge is -2.08. The Balaban J connectivity index is 2.76. The molecule has 15 heavy (non-hydrogen) atoms. The van der Waals surface area contributed by atoms with Crippen LogP contribution in [0.1, 0.15) is 39.3 Å². The first kappa shape index (κ1) is 12.0. The lowest BCUT2D eigenvalue weighted by Crippen LogP contribution is -2.23. The van der Waals surface area contributed by atoms with Crippen molar-refractivity contribution in [3.05, 3.63) is 28.2 Å². The van der Waals surface area contributed by atoms with Gasteiger partial charge in [0.25, 0.3) is 5.56 Å². The Morgan fingerprint density at radius 2 is 2.13 bits per heavy atom. The Bertz CT molecular complexity index is 355. The maximum absolute atomic E-state index is 11.5. The van der Waals surface area contributed by atoms with E-state index in [1.165, 1.54) is 0 Å². The molecule has 0 aliphatic heterocycles. The Morgan fingerprint density at radius 3 is 2.73 bits per heavy atom. The molecule has 0 saturated carbocycles. The number of nitrogens with zero attached hydrogens (tertiary/aromatic N) is 2. The van der Waals surface area contributed by atoms with Crippen LogP contribution >= 0.6 is 0 Å². The average Bonchev–Trinajstić information content (AvgIpc) is 2.19. The van der Waals surface area contributed by atoms with E-state index in [1.807, 2.05) is 6.07 Å². The van der Waals surface area contributed by atoms with Crippen LogP contribution in [0.4, 0.5) is 0 Å². The first-order valence-electron chi connectivity index (χ1n) is 5.70. The van der Waals surface area contributed by atoms with Crippen molar-refractivity contribution in [1.29, 1.82) is 0 Å². The normalized spacial score (nSPS) is 10.9. The second kappa shape index (κ2) is 5.69. The van der Waals surface area contributed by atoms with Gasteiger partial charge in [-0.3, -0.25) is 4.79 Å². The standard InChI is InChI=1S/C12H20N2O/c1-4-5-11-6-7-12(15)14(13-11)9-8-10(2)3/h6-7,10H,4-5,8-9H2,1-3H3. The van der Waals surface area contributed by atoms with Gasteiger partial charge in [0.1, 0.15) is 0 Å². The van der Waals surface area contributed by atoms with Gasteiger partial charge in [-0.05, 0) is 24.8 Å². The van der Waals surface area contributed by atoms with Gasteiger partial charge in [-0.2, -0.15) is 5.10 Å². The highest BCUT2D eigenvalue weighted by Gasteiger charge is 2.01. The van der Waals surface area contributed by atoms with E-state index in [2.05, 4.69) is 25.9 Å².